The highest BCUT2D eigenvalue weighted by atomic mass is 35.5. The molecule has 4 heterocycles. The van der Waals surface area contributed by atoms with Crippen LogP contribution in [-0.4, -0.2) is 64.4 Å². The molecule has 0 radical (unpaired) electrons. The Labute approximate surface area is 318 Å². The van der Waals surface area contributed by atoms with Crippen LogP contribution in [0.15, 0.2) is 80.6 Å². The fourth-order valence-electron chi connectivity index (χ4n) is 8.10. The van der Waals surface area contributed by atoms with E-state index in [4.69, 9.17) is 32.7 Å². The quantitative estimate of drug-likeness (QED) is 0.148. The van der Waals surface area contributed by atoms with E-state index in [0.29, 0.717) is 27.4 Å². The number of amides is 2. The molecule has 3 aliphatic rings. The molecule has 2 amide bonds. The number of ether oxygens (including phenoxy) is 2. The summed E-state index contributed by atoms with van der Waals surface area (Å²) in [6.07, 6.45) is 0.914. The van der Waals surface area contributed by atoms with Crippen LogP contribution in [0.5, 0.6) is 17.2 Å². The fraction of sp³-hybridized carbons (Fsp3) is 0.297. The van der Waals surface area contributed by atoms with Gasteiger partial charge in [-0.25, -0.2) is 42.2 Å². The average Bonchev–Trinajstić information content (AvgIpc) is 3.50. The van der Waals surface area contributed by atoms with Crippen LogP contribution in [0.1, 0.15) is 29.6 Å². The molecule has 55 heavy (non-hydrogen) atoms. The van der Waals surface area contributed by atoms with Gasteiger partial charge in [0.2, 0.25) is 0 Å². The topological polar surface area (TPSA) is 160 Å². The summed E-state index contributed by atoms with van der Waals surface area (Å²) in [5.74, 6) is -5.29. The minimum atomic E-state index is -2.39. The van der Waals surface area contributed by atoms with Gasteiger partial charge in [-0.2, -0.15) is 0 Å². The molecule has 8 rings (SSSR count). The molecule has 14 nitrogen and oxygen atoms in total. The molecule has 0 bridgehead atoms. The number of anilines is 1. The standard InChI is InChI=1S/C37H30Cl2F2N6O8/c1-43-25-16-28(55-3)27(54-2)15-24(25)42-23(31(43)49)12-13-44-34(52)45-14-11-20-26(47(45)35(44)53)17-36(38)32(50)46(19-9-7-18(40)8-10-19)33(51)37(36,39)29(20)21-5-4-6-22(41)30(21)48/h4-11,15-16,26,29,48H,12-14,17H2,1-3H3. The number of carbonyl (C=O) groups is 2. The molecule has 1 saturated carbocycles. The van der Waals surface area contributed by atoms with Crippen LogP contribution in [0.3, 0.4) is 0 Å². The van der Waals surface area contributed by atoms with E-state index in [9.17, 15) is 37.9 Å². The van der Waals surface area contributed by atoms with Crippen LogP contribution in [0.4, 0.5) is 14.5 Å². The van der Waals surface area contributed by atoms with Gasteiger partial charge in [0, 0.05) is 50.0 Å². The van der Waals surface area contributed by atoms with E-state index in [1.165, 1.54) is 49.1 Å². The largest absolute Gasteiger partial charge is 0.505 e. The molecule has 3 aromatic carbocycles. The lowest BCUT2D eigenvalue weighted by Crippen LogP contribution is -2.59. The molecule has 4 unspecified atom stereocenters. The van der Waals surface area contributed by atoms with Crippen LogP contribution < -0.4 is 31.3 Å². The second-order valence-corrected chi connectivity index (χ2v) is 14.7. The normalized spacial score (nSPS) is 23.0. The van der Waals surface area contributed by atoms with Gasteiger partial charge in [0.05, 0.1) is 43.5 Å². The summed E-state index contributed by atoms with van der Waals surface area (Å²) in [6.45, 7) is -0.494. The second kappa shape index (κ2) is 12.7. The van der Waals surface area contributed by atoms with E-state index < -0.39 is 74.3 Å². The summed E-state index contributed by atoms with van der Waals surface area (Å²) in [5, 5.41) is 11.0. The molecule has 1 saturated heterocycles. The molecular formula is C37H30Cl2F2N6O8. The van der Waals surface area contributed by atoms with E-state index in [1.807, 2.05) is 0 Å². The number of phenolic OH excluding ortho intramolecular Hbond substituents is 1. The van der Waals surface area contributed by atoms with E-state index in [1.54, 1.807) is 19.2 Å². The van der Waals surface area contributed by atoms with Crippen molar-refractivity contribution in [2.24, 2.45) is 7.05 Å². The number of aromatic hydroxyl groups is 1. The SMILES string of the molecule is COc1cc2nc(CCn3c(=O)n4n(c3=O)C3CC5(Cl)C(=O)N(c6ccc(F)cc6)C(=O)C5(Cl)C(c5cccc(F)c5O)C3=CC4)c(=O)n(C)c2cc1OC. The highest BCUT2D eigenvalue weighted by Gasteiger charge is 2.76. The molecular weight excluding hydrogens is 765 g/mol. The number of alkyl halides is 2. The molecule has 2 aliphatic heterocycles. The van der Waals surface area contributed by atoms with Crippen LogP contribution in [-0.2, 0) is 36.1 Å². The van der Waals surface area contributed by atoms with Crippen LogP contribution in [0.2, 0.25) is 0 Å². The number of aromatic nitrogens is 5. The number of aryl methyl sites for hydroxylation is 2. The number of nitrogens with zero attached hydrogens (tertiary/aromatic N) is 6. The van der Waals surface area contributed by atoms with Gasteiger partial charge in [-0.1, -0.05) is 18.2 Å². The number of para-hydroxylation sites is 1. The van der Waals surface area contributed by atoms with Crippen molar-refractivity contribution in [2.45, 2.75) is 47.6 Å². The van der Waals surface area contributed by atoms with Gasteiger partial charge in [-0.15, -0.1) is 23.2 Å². The molecule has 2 aromatic heterocycles. The van der Waals surface area contributed by atoms with Gasteiger partial charge in [0.15, 0.2) is 32.8 Å². The monoisotopic (exact) mass is 794 g/mol. The van der Waals surface area contributed by atoms with Gasteiger partial charge in [-0.05, 0) is 35.9 Å². The third-order valence-electron chi connectivity index (χ3n) is 10.8. The van der Waals surface area contributed by atoms with Gasteiger partial charge in [0.1, 0.15) is 11.5 Å². The lowest BCUT2D eigenvalue weighted by molar-refractivity contribution is -0.122. The van der Waals surface area contributed by atoms with Crippen molar-refractivity contribution < 1.29 is 33.0 Å². The van der Waals surface area contributed by atoms with Crippen molar-refractivity contribution in [3.63, 3.8) is 0 Å². The first-order valence-electron chi connectivity index (χ1n) is 16.9. The van der Waals surface area contributed by atoms with Crippen molar-refractivity contribution in [3.05, 3.63) is 120 Å². The number of benzene rings is 3. The van der Waals surface area contributed by atoms with E-state index in [-0.39, 0.29) is 42.0 Å². The minimum Gasteiger partial charge on any atom is -0.505 e. The number of imide groups is 1. The Balaban J connectivity index is 1.23. The van der Waals surface area contributed by atoms with E-state index >= 15 is 0 Å². The maximum absolute atomic E-state index is 15.0. The Morgan fingerprint density at radius 2 is 1.64 bits per heavy atom. The fourth-order valence-corrected chi connectivity index (χ4v) is 9.01. The van der Waals surface area contributed by atoms with Crippen molar-refractivity contribution in [1.29, 1.82) is 0 Å². The Morgan fingerprint density at radius 1 is 0.945 bits per heavy atom. The highest BCUT2D eigenvalue weighted by Crippen LogP contribution is 2.64. The van der Waals surface area contributed by atoms with Crippen molar-refractivity contribution in [2.75, 3.05) is 19.1 Å². The first-order chi connectivity index (χ1) is 26.2. The maximum Gasteiger partial charge on any atom is 0.347 e. The Morgan fingerprint density at radius 3 is 2.33 bits per heavy atom. The number of fused-ring (bicyclic) bond motifs is 5. The summed E-state index contributed by atoms with van der Waals surface area (Å²) < 4.78 is 44.1. The Bertz CT molecular complexity index is 2710. The lowest BCUT2D eigenvalue weighted by atomic mass is 9.64. The first-order valence-corrected chi connectivity index (χ1v) is 17.7. The molecule has 0 spiro atoms. The van der Waals surface area contributed by atoms with Crippen molar-refractivity contribution in [3.8, 4) is 17.2 Å². The summed E-state index contributed by atoms with van der Waals surface area (Å²) >= 11 is 14.5. The molecule has 4 atom stereocenters. The number of phenols is 1. The number of halogens is 4. The molecule has 1 aliphatic carbocycles. The highest BCUT2D eigenvalue weighted by molar-refractivity contribution is 6.58. The van der Waals surface area contributed by atoms with Crippen LogP contribution in [0, 0.1) is 11.6 Å². The number of methoxy groups -OCH3 is 2. The van der Waals surface area contributed by atoms with Gasteiger partial charge in [-0.3, -0.25) is 14.4 Å². The third kappa shape index (κ3) is 4.96. The molecule has 2 fully saturated rings. The Kier molecular flexibility index (Phi) is 8.35. The van der Waals surface area contributed by atoms with Gasteiger partial charge in [0.25, 0.3) is 17.4 Å². The van der Waals surface area contributed by atoms with Crippen LogP contribution >= 0.6 is 23.2 Å². The lowest BCUT2D eigenvalue weighted by Gasteiger charge is -2.49. The zero-order chi connectivity index (χ0) is 39.3. The van der Waals surface area contributed by atoms with Crippen LogP contribution in [0.25, 0.3) is 11.0 Å². The predicted octanol–water partition coefficient (Wildman–Crippen LogP) is 3.50. The number of rotatable bonds is 7. The van der Waals surface area contributed by atoms with Crippen molar-refractivity contribution >= 4 is 51.7 Å². The smallest absolute Gasteiger partial charge is 0.347 e. The summed E-state index contributed by atoms with van der Waals surface area (Å²) in [5.41, 5.74) is -1.13. The summed E-state index contributed by atoms with van der Waals surface area (Å²) in [7, 11) is 4.47. The molecule has 18 heteroatoms. The first kappa shape index (κ1) is 36.2. The molecule has 284 valence electrons. The number of carbonyl (C=O) groups excluding carboxylic acids is 2. The summed E-state index contributed by atoms with van der Waals surface area (Å²) in [4.78, 5) is 70.8. The third-order valence-corrected chi connectivity index (χ3v) is 12.2. The maximum atomic E-state index is 15.0. The number of hydrogen-bond acceptors (Lipinski definition) is 9. The number of hydrogen-bond donors (Lipinski definition) is 1. The Hall–Kier alpha value is -5.74. The zero-order valence-electron chi connectivity index (χ0n) is 29.3. The molecule has 1 N–H and O–H groups in total. The minimum absolute atomic E-state index is 0.0451. The van der Waals surface area contributed by atoms with Gasteiger partial charge < -0.3 is 19.1 Å². The van der Waals surface area contributed by atoms with Gasteiger partial charge >= 0.3 is 11.4 Å². The number of allylic oxidation sites excluding steroid dienone is 2. The van der Waals surface area contributed by atoms with Crippen molar-refractivity contribution in [1.82, 2.24) is 23.5 Å². The second-order valence-electron chi connectivity index (χ2n) is 13.5. The zero-order valence-corrected chi connectivity index (χ0v) is 30.8. The van der Waals surface area contributed by atoms with E-state index in [0.717, 1.165) is 32.1 Å². The predicted molar refractivity (Wildman–Crippen MR) is 195 cm³/mol. The molecule has 5 aromatic rings. The average molecular weight is 796 g/mol. The van der Waals surface area contributed by atoms with E-state index in [2.05, 4.69) is 4.98 Å². The summed E-state index contributed by atoms with van der Waals surface area (Å²) in [6, 6.07) is 10.1.